The minimum absolute atomic E-state index is 0.187. The van der Waals surface area contributed by atoms with Crippen molar-refractivity contribution in [3.05, 3.63) is 59.4 Å². The van der Waals surface area contributed by atoms with Gasteiger partial charge >= 0.3 is 6.09 Å². The van der Waals surface area contributed by atoms with Crippen LogP contribution in [-0.2, 0) is 9.47 Å². The van der Waals surface area contributed by atoms with Crippen LogP contribution in [0.15, 0.2) is 42.5 Å². The normalized spacial score (nSPS) is 16.5. The van der Waals surface area contributed by atoms with E-state index in [-0.39, 0.29) is 29.9 Å². The summed E-state index contributed by atoms with van der Waals surface area (Å²) in [6.45, 7) is 4.81. The number of hydrogen-bond acceptors (Lipinski definition) is 7. The summed E-state index contributed by atoms with van der Waals surface area (Å²) in [7, 11) is 0. The first-order chi connectivity index (χ1) is 16.8. The molecule has 0 bridgehead atoms. The zero-order valence-corrected chi connectivity index (χ0v) is 19.6. The van der Waals surface area contributed by atoms with Crippen LogP contribution in [0.5, 0.6) is 0 Å². The van der Waals surface area contributed by atoms with Crippen LogP contribution in [0.4, 0.5) is 20.6 Å². The third kappa shape index (κ3) is 5.28. The number of halogens is 1. The number of aliphatic hydroxyl groups is 1. The lowest BCUT2D eigenvalue weighted by Crippen LogP contribution is -2.45. The molecule has 1 fully saturated rings. The Kier molecular flexibility index (Phi) is 7.32. The van der Waals surface area contributed by atoms with Crippen molar-refractivity contribution in [3.8, 4) is 0 Å². The highest BCUT2D eigenvalue weighted by atomic mass is 19.1. The highest BCUT2D eigenvalue weighted by Gasteiger charge is 2.37. The first-order valence-corrected chi connectivity index (χ1v) is 11.5. The molecule has 2 aromatic rings. The average Bonchev–Trinajstić information content (AvgIpc) is 3.07. The fraction of sp³-hybridized carbons (Fsp3) is 0.400. The number of rotatable bonds is 7. The lowest BCUT2D eigenvalue weighted by Gasteiger charge is -2.30. The van der Waals surface area contributed by atoms with Crippen molar-refractivity contribution in [2.75, 3.05) is 49.2 Å². The molecule has 3 amide bonds. The molecule has 0 radical (unpaired) electrons. The van der Waals surface area contributed by atoms with Crippen LogP contribution in [0.25, 0.3) is 0 Å². The van der Waals surface area contributed by atoms with Gasteiger partial charge in [0.1, 0.15) is 5.82 Å². The number of fused-ring (bicyclic) bond motifs is 1. The third-order valence-electron chi connectivity index (χ3n) is 5.82. The molecule has 1 saturated heterocycles. The molecule has 35 heavy (non-hydrogen) atoms. The zero-order valence-electron chi connectivity index (χ0n) is 19.6. The largest absolute Gasteiger partial charge is 0.446 e. The van der Waals surface area contributed by atoms with Gasteiger partial charge in [0.05, 0.1) is 61.0 Å². The van der Waals surface area contributed by atoms with Crippen molar-refractivity contribution in [1.29, 1.82) is 0 Å². The van der Waals surface area contributed by atoms with E-state index in [9.17, 15) is 19.5 Å². The number of nitrogens with zero attached hydrogens (tertiary/aromatic N) is 3. The van der Waals surface area contributed by atoms with Crippen LogP contribution in [0.2, 0.25) is 0 Å². The Morgan fingerprint density at radius 1 is 1.11 bits per heavy atom. The highest BCUT2D eigenvalue weighted by molar-refractivity contribution is 6.21. The fourth-order valence-electron chi connectivity index (χ4n) is 4.16. The molecular formula is C25H28FN3O6. The lowest BCUT2D eigenvalue weighted by atomic mass is 10.1. The highest BCUT2D eigenvalue weighted by Crippen LogP contribution is 2.27. The van der Waals surface area contributed by atoms with Gasteiger partial charge < -0.3 is 19.5 Å². The van der Waals surface area contributed by atoms with E-state index in [2.05, 4.69) is 0 Å². The summed E-state index contributed by atoms with van der Waals surface area (Å²) in [6, 6.07) is 10.8. The molecule has 2 aliphatic rings. The first-order valence-electron chi connectivity index (χ1n) is 11.5. The molecule has 4 rings (SSSR count). The number of anilines is 2. The van der Waals surface area contributed by atoms with Crippen molar-refractivity contribution in [2.24, 2.45) is 0 Å². The van der Waals surface area contributed by atoms with Gasteiger partial charge in [-0.25, -0.2) is 9.18 Å². The second-order valence-corrected chi connectivity index (χ2v) is 8.70. The molecule has 0 unspecified atom stereocenters. The SMILES string of the molecule is CC(C)OC(=O)N(C[C@H](O)CN1C(=O)c2ccccc2C1=O)c1ccc(N2CCOCC2)c(F)c1. The topological polar surface area (TPSA) is 99.6 Å². The molecule has 0 aromatic heterocycles. The summed E-state index contributed by atoms with van der Waals surface area (Å²) in [5, 5.41) is 10.8. The Labute approximate surface area is 202 Å². The molecule has 186 valence electrons. The van der Waals surface area contributed by atoms with Crippen LogP contribution in [0.3, 0.4) is 0 Å². The number of morpholine rings is 1. The van der Waals surface area contributed by atoms with Crippen LogP contribution in [0.1, 0.15) is 34.6 Å². The van der Waals surface area contributed by atoms with E-state index in [1.54, 1.807) is 50.2 Å². The molecular weight excluding hydrogens is 457 g/mol. The number of imide groups is 1. The molecule has 10 heteroatoms. The Bertz CT molecular complexity index is 1080. The fourth-order valence-corrected chi connectivity index (χ4v) is 4.16. The van der Waals surface area contributed by atoms with E-state index in [4.69, 9.17) is 9.47 Å². The quantitative estimate of drug-likeness (QED) is 0.602. The Balaban J connectivity index is 1.52. The molecule has 1 N–H and O–H groups in total. The second-order valence-electron chi connectivity index (χ2n) is 8.70. The molecule has 0 saturated carbocycles. The Morgan fingerprint density at radius 2 is 1.74 bits per heavy atom. The standard InChI is InChI=1S/C25H28FN3O6/c1-16(2)35-25(33)28(17-7-8-22(21(26)13-17)27-9-11-34-12-10-27)14-18(30)15-29-23(31)19-5-3-4-6-20(19)24(29)32/h3-8,13,16,18,30H,9-12,14-15H2,1-2H3/t18-/m0/s1. The summed E-state index contributed by atoms with van der Waals surface area (Å²) in [6.07, 6.45) is -2.52. The van der Waals surface area contributed by atoms with Gasteiger partial charge in [-0.1, -0.05) is 12.1 Å². The molecule has 2 aliphatic heterocycles. The molecule has 2 heterocycles. The summed E-state index contributed by atoms with van der Waals surface area (Å²) in [5.41, 5.74) is 1.11. The number of hydrogen-bond donors (Lipinski definition) is 1. The molecule has 9 nitrogen and oxygen atoms in total. The van der Waals surface area contributed by atoms with Gasteiger partial charge in [0, 0.05) is 13.1 Å². The van der Waals surface area contributed by atoms with Crippen molar-refractivity contribution in [3.63, 3.8) is 0 Å². The number of ether oxygens (including phenoxy) is 2. The minimum Gasteiger partial charge on any atom is -0.446 e. The van der Waals surface area contributed by atoms with E-state index >= 15 is 4.39 Å². The maximum Gasteiger partial charge on any atom is 0.414 e. The van der Waals surface area contributed by atoms with Crippen LogP contribution < -0.4 is 9.80 Å². The van der Waals surface area contributed by atoms with Crippen molar-refractivity contribution in [1.82, 2.24) is 4.90 Å². The average molecular weight is 486 g/mol. The molecule has 0 spiro atoms. The van der Waals surface area contributed by atoms with Crippen LogP contribution in [-0.4, -0.2) is 79.5 Å². The second kappa shape index (κ2) is 10.4. The van der Waals surface area contributed by atoms with Gasteiger partial charge in [0.15, 0.2) is 0 Å². The summed E-state index contributed by atoms with van der Waals surface area (Å²) in [4.78, 5) is 42.0. The van der Waals surface area contributed by atoms with Crippen LogP contribution in [0, 0.1) is 5.82 Å². The van der Waals surface area contributed by atoms with E-state index in [1.807, 2.05) is 4.90 Å². The van der Waals surface area contributed by atoms with Crippen LogP contribution >= 0.6 is 0 Å². The molecule has 2 aromatic carbocycles. The Hall–Kier alpha value is -3.50. The van der Waals surface area contributed by atoms with Crippen molar-refractivity contribution in [2.45, 2.75) is 26.1 Å². The lowest BCUT2D eigenvalue weighted by molar-refractivity contribution is 0.0549. The maximum absolute atomic E-state index is 15.0. The number of carbonyl (C=O) groups is 3. The van der Waals surface area contributed by atoms with Gasteiger partial charge in [-0.3, -0.25) is 19.4 Å². The van der Waals surface area contributed by atoms with Crippen molar-refractivity contribution >= 4 is 29.3 Å². The van der Waals surface area contributed by atoms with Gasteiger partial charge in [-0.2, -0.15) is 0 Å². The monoisotopic (exact) mass is 485 g/mol. The van der Waals surface area contributed by atoms with Gasteiger partial charge in [-0.15, -0.1) is 0 Å². The molecule has 1 atom stereocenters. The van der Waals surface area contributed by atoms with Gasteiger partial charge in [-0.05, 0) is 44.2 Å². The predicted octanol–water partition coefficient (Wildman–Crippen LogP) is 2.67. The van der Waals surface area contributed by atoms with Gasteiger partial charge in [0.2, 0.25) is 0 Å². The minimum atomic E-state index is -1.29. The number of β-amino-alcohol motifs (C(OH)–C–C–N with tert-alkyl or cyclic N) is 1. The number of benzene rings is 2. The summed E-state index contributed by atoms with van der Waals surface area (Å²) < 4.78 is 25.6. The maximum atomic E-state index is 15.0. The summed E-state index contributed by atoms with van der Waals surface area (Å²) in [5.74, 6) is -1.55. The number of carbonyl (C=O) groups excluding carboxylic acids is 3. The smallest absolute Gasteiger partial charge is 0.414 e. The van der Waals surface area contributed by atoms with E-state index in [0.717, 1.165) is 9.80 Å². The third-order valence-corrected chi connectivity index (χ3v) is 5.82. The predicted molar refractivity (Wildman–Crippen MR) is 126 cm³/mol. The zero-order chi connectivity index (χ0) is 25.1. The van der Waals surface area contributed by atoms with Crippen molar-refractivity contribution < 1.29 is 33.4 Å². The number of aliphatic hydroxyl groups excluding tert-OH is 1. The van der Waals surface area contributed by atoms with E-state index in [0.29, 0.717) is 32.0 Å². The van der Waals surface area contributed by atoms with E-state index < -0.39 is 35.9 Å². The Morgan fingerprint density at radius 3 is 2.31 bits per heavy atom. The van der Waals surface area contributed by atoms with E-state index in [1.165, 1.54) is 6.07 Å². The number of amides is 3. The first kappa shape index (κ1) is 24.6. The van der Waals surface area contributed by atoms with Gasteiger partial charge in [0.25, 0.3) is 11.8 Å². The summed E-state index contributed by atoms with van der Waals surface area (Å²) >= 11 is 0. The molecule has 0 aliphatic carbocycles.